The van der Waals surface area contributed by atoms with Gasteiger partial charge in [0, 0.05) is 0 Å². The summed E-state index contributed by atoms with van der Waals surface area (Å²) in [7, 11) is -3.34. The van der Waals surface area contributed by atoms with Crippen molar-refractivity contribution in [3.8, 4) is 0 Å². The van der Waals surface area contributed by atoms with Crippen molar-refractivity contribution in [2.45, 2.75) is 39.2 Å². The average molecular weight is 234 g/mol. The molecule has 0 amide bonds. The molecule has 88 valence electrons. The third-order valence-corrected chi connectivity index (χ3v) is 3.73. The number of rotatable bonds is 6. The lowest BCUT2D eigenvalue weighted by molar-refractivity contribution is 0.0954. The van der Waals surface area contributed by atoms with Crippen LogP contribution < -0.4 is 0 Å². The van der Waals surface area contributed by atoms with Crippen molar-refractivity contribution in [3.63, 3.8) is 0 Å². The van der Waals surface area contributed by atoms with Gasteiger partial charge in [0.1, 0.15) is 0 Å². The molecule has 1 aliphatic rings. The van der Waals surface area contributed by atoms with Crippen LogP contribution in [0.25, 0.3) is 0 Å². The molecule has 0 bridgehead atoms. The summed E-state index contributed by atoms with van der Waals surface area (Å²) in [4.78, 5) is 0. The maximum Gasteiger partial charge on any atom is 0.475 e. The van der Waals surface area contributed by atoms with Gasteiger partial charge in [0.2, 0.25) is 0 Å². The van der Waals surface area contributed by atoms with Crippen molar-refractivity contribution in [1.82, 2.24) is 0 Å². The van der Waals surface area contributed by atoms with E-state index in [4.69, 9.17) is 13.6 Å². The molecule has 0 saturated heterocycles. The first-order valence-corrected chi connectivity index (χ1v) is 6.90. The standard InChI is InChI=1S/C10H19O4P/c1-3-12-15(11,13-4-2)14-10-8-6-5-7-9-10/h6,8,10H,3-5,7,9H2,1-2H3/t10-/m0/s1. The van der Waals surface area contributed by atoms with E-state index in [0.29, 0.717) is 13.2 Å². The van der Waals surface area contributed by atoms with Crippen LogP contribution in [0.1, 0.15) is 33.1 Å². The van der Waals surface area contributed by atoms with Crippen LogP contribution in [0.2, 0.25) is 0 Å². The first kappa shape index (κ1) is 12.9. The Bertz CT molecular complexity index is 242. The van der Waals surface area contributed by atoms with Gasteiger partial charge in [-0.3, -0.25) is 13.6 Å². The Morgan fingerprint density at radius 3 is 2.47 bits per heavy atom. The normalized spacial score (nSPS) is 21.9. The van der Waals surface area contributed by atoms with Gasteiger partial charge in [0.05, 0.1) is 19.3 Å². The molecule has 0 fully saturated rings. The lowest BCUT2D eigenvalue weighted by atomic mass is 10.1. The maximum atomic E-state index is 12.0. The number of phosphoric acid groups is 1. The molecule has 5 heteroatoms. The number of allylic oxidation sites excluding steroid dienone is 1. The Balaban J connectivity index is 2.52. The van der Waals surface area contributed by atoms with Crippen molar-refractivity contribution in [3.05, 3.63) is 12.2 Å². The molecule has 0 saturated carbocycles. The lowest BCUT2D eigenvalue weighted by Crippen LogP contribution is -2.13. The molecule has 1 atom stereocenters. The van der Waals surface area contributed by atoms with Crippen molar-refractivity contribution >= 4 is 7.82 Å². The van der Waals surface area contributed by atoms with Gasteiger partial charge >= 0.3 is 7.82 Å². The van der Waals surface area contributed by atoms with Crippen LogP contribution in [0.5, 0.6) is 0 Å². The fraction of sp³-hybridized carbons (Fsp3) is 0.800. The second kappa shape index (κ2) is 6.44. The fourth-order valence-corrected chi connectivity index (χ4v) is 2.79. The summed E-state index contributed by atoms with van der Waals surface area (Å²) < 4.78 is 27.5. The Labute approximate surface area is 91.2 Å². The molecule has 0 N–H and O–H groups in total. The average Bonchev–Trinajstić information content (AvgIpc) is 2.19. The Morgan fingerprint density at radius 2 is 2.00 bits per heavy atom. The highest BCUT2D eigenvalue weighted by molar-refractivity contribution is 7.48. The minimum atomic E-state index is -3.34. The third kappa shape index (κ3) is 4.47. The van der Waals surface area contributed by atoms with Crippen LogP contribution >= 0.6 is 7.82 Å². The highest BCUT2D eigenvalue weighted by Crippen LogP contribution is 2.51. The molecule has 0 heterocycles. The van der Waals surface area contributed by atoms with E-state index in [1.165, 1.54) is 0 Å². The van der Waals surface area contributed by atoms with E-state index in [9.17, 15) is 4.57 Å². The zero-order valence-corrected chi connectivity index (χ0v) is 10.2. The Hall–Kier alpha value is -0.150. The maximum absolute atomic E-state index is 12.0. The van der Waals surface area contributed by atoms with Crippen LogP contribution in [0.15, 0.2) is 12.2 Å². The second-order valence-electron chi connectivity index (χ2n) is 3.29. The summed E-state index contributed by atoms with van der Waals surface area (Å²) in [5, 5.41) is 0. The molecule has 1 rings (SSSR count). The van der Waals surface area contributed by atoms with Crippen LogP contribution in [0, 0.1) is 0 Å². The molecule has 15 heavy (non-hydrogen) atoms. The quantitative estimate of drug-likeness (QED) is 0.522. The molecule has 0 aromatic rings. The highest BCUT2D eigenvalue weighted by Gasteiger charge is 2.29. The van der Waals surface area contributed by atoms with Crippen molar-refractivity contribution in [2.24, 2.45) is 0 Å². The highest BCUT2D eigenvalue weighted by atomic mass is 31.2. The van der Waals surface area contributed by atoms with E-state index in [-0.39, 0.29) is 6.10 Å². The van der Waals surface area contributed by atoms with Gasteiger partial charge in [-0.1, -0.05) is 12.2 Å². The first-order valence-electron chi connectivity index (χ1n) is 5.44. The summed E-state index contributed by atoms with van der Waals surface area (Å²) >= 11 is 0. The first-order chi connectivity index (χ1) is 7.20. The van der Waals surface area contributed by atoms with E-state index in [1.54, 1.807) is 13.8 Å². The van der Waals surface area contributed by atoms with Gasteiger partial charge in [0.15, 0.2) is 0 Å². The van der Waals surface area contributed by atoms with Crippen LogP contribution in [-0.4, -0.2) is 19.3 Å². The SMILES string of the molecule is CCOP(=O)(OCC)O[C@H]1C=CCCC1. The number of hydrogen-bond acceptors (Lipinski definition) is 4. The summed E-state index contributed by atoms with van der Waals surface area (Å²) in [6.07, 6.45) is 6.82. The van der Waals surface area contributed by atoms with Crippen molar-refractivity contribution < 1.29 is 18.1 Å². The van der Waals surface area contributed by atoms with Crippen LogP contribution in [0.3, 0.4) is 0 Å². The zero-order chi connectivity index (χ0) is 11.1. The van der Waals surface area contributed by atoms with E-state index < -0.39 is 7.82 Å². The molecule has 1 aliphatic carbocycles. The van der Waals surface area contributed by atoms with E-state index in [1.807, 2.05) is 12.2 Å². The van der Waals surface area contributed by atoms with Gasteiger partial charge in [0.25, 0.3) is 0 Å². The van der Waals surface area contributed by atoms with Gasteiger partial charge in [-0.25, -0.2) is 4.57 Å². The fourth-order valence-electron chi connectivity index (χ4n) is 1.45. The van der Waals surface area contributed by atoms with Gasteiger partial charge in [-0.2, -0.15) is 0 Å². The Kier molecular flexibility index (Phi) is 5.54. The summed E-state index contributed by atoms with van der Waals surface area (Å²) in [5.74, 6) is 0. The van der Waals surface area contributed by atoms with Gasteiger partial charge in [-0.05, 0) is 33.1 Å². The number of hydrogen-bond donors (Lipinski definition) is 0. The summed E-state index contributed by atoms with van der Waals surface area (Å²) in [6, 6.07) is 0. The largest absolute Gasteiger partial charge is 0.475 e. The topological polar surface area (TPSA) is 44.8 Å². The lowest BCUT2D eigenvalue weighted by Gasteiger charge is -2.22. The van der Waals surface area contributed by atoms with Crippen LogP contribution in [-0.2, 0) is 18.1 Å². The predicted molar refractivity (Wildman–Crippen MR) is 58.7 cm³/mol. The summed E-state index contributed by atoms with van der Waals surface area (Å²) in [6.45, 7) is 4.19. The number of phosphoric ester groups is 1. The smallest absolute Gasteiger partial charge is 0.287 e. The third-order valence-electron chi connectivity index (χ3n) is 2.05. The molecule has 0 aliphatic heterocycles. The van der Waals surface area contributed by atoms with Crippen molar-refractivity contribution in [1.29, 1.82) is 0 Å². The predicted octanol–water partition coefficient (Wildman–Crippen LogP) is 3.29. The molecule has 0 spiro atoms. The zero-order valence-electron chi connectivity index (χ0n) is 9.35. The molecule has 4 nitrogen and oxygen atoms in total. The van der Waals surface area contributed by atoms with Crippen molar-refractivity contribution in [2.75, 3.05) is 13.2 Å². The molecule has 0 aromatic carbocycles. The molecule has 0 aromatic heterocycles. The van der Waals surface area contributed by atoms with Crippen LogP contribution in [0.4, 0.5) is 0 Å². The molecular formula is C10H19O4P. The second-order valence-corrected chi connectivity index (χ2v) is 4.91. The summed E-state index contributed by atoms with van der Waals surface area (Å²) in [5.41, 5.74) is 0. The molecule has 0 radical (unpaired) electrons. The minimum absolute atomic E-state index is 0.136. The van der Waals surface area contributed by atoms with Gasteiger partial charge in [-0.15, -0.1) is 0 Å². The molecular weight excluding hydrogens is 215 g/mol. The van der Waals surface area contributed by atoms with Gasteiger partial charge < -0.3 is 0 Å². The Morgan fingerprint density at radius 1 is 1.33 bits per heavy atom. The molecule has 0 unspecified atom stereocenters. The van der Waals surface area contributed by atoms with E-state index >= 15 is 0 Å². The van der Waals surface area contributed by atoms with E-state index in [2.05, 4.69) is 0 Å². The minimum Gasteiger partial charge on any atom is -0.287 e. The van der Waals surface area contributed by atoms with E-state index in [0.717, 1.165) is 19.3 Å². The monoisotopic (exact) mass is 234 g/mol.